The van der Waals surface area contributed by atoms with E-state index in [0.717, 1.165) is 12.8 Å². The predicted molar refractivity (Wildman–Crippen MR) is 61.3 cm³/mol. The maximum atomic E-state index is 11.8. The molecule has 0 radical (unpaired) electrons. The first kappa shape index (κ1) is 13.7. The third kappa shape index (κ3) is 3.84. The number of hydrogen-bond donors (Lipinski definition) is 0. The minimum Gasteiger partial charge on any atom is -0.464 e. The summed E-state index contributed by atoms with van der Waals surface area (Å²) in [5.74, 6) is -0.803. The molecule has 1 rings (SSSR count). The standard InChI is InChI=1S/C12H19NO4/c1-3-17-12(16)10-6-4-5-7-13(10)11(15)8-9(2)14/h10H,3-8H2,1-2H3. The zero-order valence-corrected chi connectivity index (χ0v) is 10.4. The molecule has 1 aliphatic heterocycles. The van der Waals surface area contributed by atoms with E-state index in [4.69, 9.17) is 4.74 Å². The van der Waals surface area contributed by atoms with Crippen molar-refractivity contribution in [1.82, 2.24) is 4.90 Å². The first-order chi connectivity index (χ1) is 8.06. The van der Waals surface area contributed by atoms with Gasteiger partial charge in [0.25, 0.3) is 0 Å². The highest BCUT2D eigenvalue weighted by Crippen LogP contribution is 2.19. The minimum atomic E-state index is -0.504. The fraction of sp³-hybridized carbons (Fsp3) is 0.750. The number of ketones is 1. The molecule has 17 heavy (non-hydrogen) atoms. The molecule has 0 aromatic carbocycles. The number of ether oxygens (including phenoxy) is 1. The molecule has 0 spiro atoms. The Bertz CT molecular complexity index is 314. The molecule has 5 heteroatoms. The summed E-state index contributed by atoms with van der Waals surface area (Å²) >= 11 is 0. The van der Waals surface area contributed by atoms with E-state index < -0.39 is 6.04 Å². The summed E-state index contributed by atoms with van der Waals surface area (Å²) in [5, 5.41) is 0. The highest BCUT2D eigenvalue weighted by Gasteiger charge is 2.33. The molecule has 1 aliphatic rings. The summed E-state index contributed by atoms with van der Waals surface area (Å²) in [5.41, 5.74) is 0. The second-order valence-corrected chi connectivity index (χ2v) is 4.23. The highest BCUT2D eigenvalue weighted by atomic mass is 16.5. The molecule has 1 heterocycles. The minimum absolute atomic E-state index is 0.129. The van der Waals surface area contributed by atoms with E-state index in [9.17, 15) is 14.4 Å². The van der Waals surface area contributed by atoms with Crippen LogP contribution in [0.3, 0.4) is 0 Å². The molecule has 96 valence electrons. The second-order valence-electron chi connectivity index (χ2n) is 4.23. The number of Topliss-reactive ketones (excluding diaryl/α,β-unsaturated/α-hetero) is 1. The first-order valence-corrected chi connectivity index (χ1v) is 6.01. The summed E-state index contributed by atoms with van der Waals surface area (Å²) in [7, 11) is 0. The average Bonchev–Trinajstić information content (AvgIpc) is 2.28. The van der Waals surface area contributed by atoms with Gasteiger partial charge in [-0.3, -0.25) is 9.59 Å². The van der Waals surface area contributed by atoms with Crippen molar-refractivity contribution in [3.8, 4) is 0 Å². The van der Waals surface area contributed by atoms with Crippen LogP contribution in [0.4, 0.5) is 0 Å². The van der Waals surface area contributed by atoms with Crippen LogP contribution in [-0.2, 0) is 19.1 Å². The van der Waals surface area contributed by atoms with Gasteiger partial charge in [-0.2, -0.15) is 0 Å². The van der Waals surface area contributed by atoms with E-state index in [0.29, 0.717) is 19.6 Å². The monoisotopic (exact) mass is 241 g/mol. The van der Waals surface area contributed by atoms with Crippen LogP contribution in [-0.4, -0.2) is 41.8 Å². The van der Waals surface area contributed by atoms with Gasteiger partial charge in [0.2, 0.25) is 5.91 Å². The number of esters is 1. The lowest BCUT2D eigenvalue weighted by Gasteiger charge is -2.33. The molecule has 1 atom stereocenters. The predicted octanol–water partition coefficient (Wildman–Crippen LogP) is 0.910. The fourth-order valence-electron chi connectivity index (χ4n) is 2.03. The van der Waals surface area contributed by atoms with Crippen molar-refractivity contribution >= 4 is 17.7 Å². The largest absolute Gasteiger partial charge is 0.464 e. The van der Waals surface area contributed by atoms with Gasteiger partial charge in [-0.05, 0) is 33.1 Å². The third-order valence-electron chi connectivity index (χ3n) is 2.78. The normalized spacial score (nSPS) is 19.9. The molecule has 1 saturated heterocycles. The Morgan fingerprint density at radius 2 is 2.00 bits per heavy atom. The van der Waals surface area contributed by atoms with Gasteiger partial charge in [0.05, 0.1) is 13.0 Å². The van der Waals surface area contributed by atoms with Gasteiger partial charge in [-0.15, -0.1) is 0 Å². The van der Waals surface area contributed by atoms with E-state index in [1.165, 1.54) is 11.8 Å². The summed E-state index contributed by atoms with van der Waals surface area (Å²) in [6, 6.07) is -0.504. The molecule has 0 aromatic heterocycles. The van der Waals surface area contributed by atoms with Gasteiger partial charge in [0.1, 0.15) is 11.8 Å². The number of hydrogen-bond acceptors (Lipinski definition) is 4. The fourth-order valence-corrected chi connectivity index (χ4v) is 2.03. The van der Waals surface area contributed by atoms with Crippen molar-refractivity contribution in [3.63, 3.8) is 0 Å². The van der Waals surface area contributed by atoms with Gasteiger partial charge >= 0.3 is 5.97 Å². The molecule has 0 saturated carbocycles. The number of likely N-dealkylation sites (tertiary alicyclic amines) is 1. The van der Waals surface area contributed by atoms with Crippen LogP contribution < -0.4 is 0 Å². The quantitative estimate of drug-likeness (QED) is 0.542. The molecule has 1 amide bonds. The van der Waals surface area contributed by atoms with Crippen LogP contribution >= 0.6 is 0 Å². The van der Waals surface area contributed by atoms with Crippen LogP contribution in [0.1, 0.15) is 39.5 Å². The smallest absolute Gasteiger partial charge is 0.328 e. The Kier molecular flexibility index (Phi) is 5.12. The first-order valence-electron chi connectivity index (χ1n) is 6.01. The van der Waals surface area contributed by atoms with E-state index in [1.54, 1.807) is 6.92 Å². The lowest BCUT2D eigenvalue weighted by Crippen LogP contribution is -2.49. The van der Waals surface area contributed by atoms with E-state index in [1.807, 2.05) is 0 Å². The van der Waals surface area contributed by atoms with Crippen molar-refractivity contribution in [2.75, 3.05) is 13.2 Å². The number of piperidine rings is 1. The lowest BCUT2D eigenvalue weighted by molar-refractivity contribution is -0.157. The summed E-state index contributed by atoms with van der Waals surface area (Å²) in [4.78, 5) is 35.9. The van der Waals surface area contributed by atoms with Crippen molar-refractivity contribution in [2.24, 2.45) is 0 Å². The third-order valence-corrected chi connectivity index (χ3v) is 2.78. The van der Waals surface area contributed by atoms with Gasteiger partial charge in [0, 0.05) is 6.54 Å². The second kappa shape index (κ2) is 6.37. The van der Waals surface area contributed by atoms with Crippen LogP contribution in [0.5, 0.6) is 0 Å². The van der Waals surface area contributed by atoms with Crippen LogP contribution in [0.2, 0.25) is 0 Å². The molecule has 1 unspecified atom stereocenters. The SMILES string of the molecule is CCOC(=O)C1CCCCN1C(=O)CC(C)=O. The molecule has 0 aliphatic carbocycles. The molecular weight excluding hydrogens is 222 g/mol. The van der Waals surface area contributed by atoms with Crippen molar-refractivity contribution in [1.29, 1.82) is 0 Å². The van der Waals surface area contributed by atoms with E-state index in [2.05, 4.69) is 0 Å². The molecular formula is C12H19NO4. The summed E-state index contributed by atoms with van der Waals surface area (Å²) in [6.45, 7) is 3.96. The highest BCUT2D eigenvalue weighted by molar-refractivity contribution is 5.98. The number of amides is 1. The van der Waals surface area contributed by atoms with Crippen molar-refractivity contribution in [3.05, 3.63) is 0 Å². The maximum absolute atomic E-state index is 11.8. The number of nitrogens with zero attached hydrogens (tertiary/aromatic N) is 1. The Morgan fingerprint density at radius 3 is 2.59 bits per heavy atom. The summed E-state index contributed by atoms with van der Waals surface area (Å²) in [6.07, 6.45) is 2.28. The Balaban J connectivity index is 2.68. The van der Waals surface area contributed by atoms with Crippen LogP contribution in [0.25, 0.3) is 0 Å². The van der Waals surface area contributed by atoms with Crippen LogP contribution in [0.15, 0.2) is 0 Å². The van der Waals surface area contributed by atoms with Crippen molar-refractivity contribution in [2.45, 2.75) is 45.6 Å². The zero-order valence-electron chi connectivity index (χ0n) is 10.4. The average molecular weight is 241 g/mol. The Morgan fingerprint density at radius 1 is 1.29 bits per heavy atom. The topological polar surface area (TPSA) is 63.7 Å². The molecule has 0 N–H and O–H groups in total. The number of rotatable bonds is 4. The maximum Gasteiger partial charge on any atom is 0.328 e. The van der Waals surface area contributed by atoms with E-state index in [-0.39, 0.29) is 24.1 Å². The molecule has 5 nitrogen and oxygen atoms in total. The van der Waals surface area contributed by atoms with Gasteiger partial charge in [0.15, 0.2) is 0 Å². The molecule has 1 fully saturated rings. The van der Waals surface area contributed by atoms with Gasteiger partial charge < -0.3 is 9.64 Å². The van der Waals surface area contributed by atoms with Crippen molar-refractivity contribution < 1.29 is 19.1 Å². The van der Waals surface area contributed by atoms with Crippen LogP contribution in [0, 0.1) is 0 Å². The molecule has 0 bridgehead atoms. The summed E-state index contributed by atoms with van der Waals surface area (Å²) < 4.78 is 4.95. The van der Waals surface area contributed by atoms with Gasteiger partial charge in [-0.25, -0.2) is 4.79 Å². The Labute approximate surface area is 101 Å². The van der Waals surface area contributed by atoms with E-state index >= 15 is 0 Å². The zero-order chi connectivity index (χ0) is 12.8. The number of carbonyl (C=O) groups excluding carboxylic acids is 3. The number of carbonyl (C=O) groups is 3. The lowest BCUT2D eigenvalue weighted by atomic mass is 10.0. The van der Waals surface area contributed by atoms with Gasteiger partial charge in [-0.1, -0.05) is 0 Å². The molecule has 0 aromatic rings. The Hall–Kier alpha value is -1.39.